The third kappa shape index (κ3) is 2.55. The number of hydrogen-bond acceptors (Lipinski definition) is 2. The first-order chi connectivity index (χ1) is 10.2. The molecule has 0 aliphatic heterocycles. The van der Waals surface area contributed by atoms with Gasteiger partial charge in [0, 0.05) is 23.6 Å². The molecule has 0 aliphatic carbocycles. The number of nitrogens with zero attached hydrogens (tertiary/aromatic N) is 1. The van der Waals surface area contributed by atoms with Crippen molar-refractivity contribution in [2.45, 2.75) is 13.5 Å². The van der Waals surface area contributed by atoms with Crippen LogP contribution < -0.4 is 0 Å². The molecule has 0 saturated heterocycles. The number of methoxy groups -OCH3 is 1. The molecule has 0 amide bonds. The second kappa shape index (κ2) is 5.44. The number of rotatable bonds is 3. The number of carbonyl (C=O) groups excluding carboxylic acids is 1. The van der Waals surface area contributed by atoms with Crippen LogP contribution in [0.1, 0.15) is 21.5 Å². The van der Waals surface area contributed by atoms with Gasteiger partial charge in [-0.2, -0.15) is 0 Å². The lowest BCUT2D eigenvalue weighted by molar-refractivity contribution is 0.0602. The summed E-state index contributed by atoms with van der Waals surface area (Å²) in [5, 5.41) is 0.927. The molecule has 0 atom stereocenters. The Hall–Kier alpha value is -2.55. The molecular weight excluding hydrogens is 262 g/mol. The summed E-state index contributed by atoms with van der Waals surface area (Å²) in [5.74, 6) is -0.297. The Labute approximate surface area is 123 Å². The molecular formula is C18H17NO2. The lowest BCUT2D eigenvalue weighted by Crippen LogP contribution is -2.01. The molecule has 0 saturated carbocycles. The van der Waals surface area contributed by atoms with Crippen LogP contribution in [-0.2, 0) is 11.3 Å². The van der Waals surface area contributed by atoms with Crippen LogP contribution in [0.4, 0.5) is 0 Å². The van der Waals surface area contributed by atoms with Crippen molar-refractivity contribution in [2.75, 3.05) is 7.11 Å². The molecule has 0 fully saturated rings. The number of para-hydroxylation sites is 1. The minimum atomic E-state index is -0.297. The molecule has 3 aromatic rings. The van der Waals surface area contributed by atoms with Crippen LogP contribution in [0.15, 0.2) is 54.7 Å². The minimum absolute atomic E-state index is 0.297. The largest absolute Gasteiger partial charge is 0.465 e. The molecule has 1 heterocycles. The average molecular weight is 279 g/mol. The van der Waals surface area contributed by atoms with Gasteiger partial charge in [-0.3, -0.25) is 0 Å². The van der Waals surface area contributed by atoms with Crippen molar-refractivity contribution in [2.24, 2.45) is 0 Å². The van der Waals surface area contributed by atoms with Gasteiger partial charge in [0.05, 0.1) is 12.7 Å². The Morgan fingerprint density at radius 1 is 1.10 bits per heavy atom. The maximum Gasteiger partial charge on any atom is 0.340 e. The SMILES string of the molecule is COC(=O)c1cn(Cc2ccc(C)cc2)c2ccccc12. The number of ether oxygens (including phenoxy) is 1. The highest BCUT2D eigenvalue weighted by molar-refractivity contribution is 6.04. The van der Waals surface area contributed by atoms with E-state index in [2.05, 4.69) is 35.8 Å². The molecule has 21 heavy (non-hydrogen) atoms. The number of esters is 1. The number of aromatic nitrogens is 1. The number of carbonyl (C=O) groups is 1. The Morgan fingerprint density at radius 2 is 1.81 bits per heavy atom. The van der Waals surface area contributed by atoms with E-state index in [0.29, 0.717) is 5.56 Å². The van der Waals surface area contributed by atoms with Crippen LogP contribution in [0.5, 0.6) is 0 Å². The molecule has 0 spiro atoms. The van der Waals surface area contributed by atoms with Gasteiger partial charge in [0.2, 0.25) is 0 Å². The van der Waals surface area contributed by atoms with E-state index in [0.717, 1.165) is 17.4 Å². The molecule has 0 bridgehead atoms. The molecule has 2 aromatic carbocycles. The summed E-state index contributed by atoms with van der Waals surface area (Å²) in [7, 11) is 1.41. The van der Waals surface area contributed by atoms with Gasteiger partial charge in [0.25, 0.3) is 0 Å². The minimum Gasteiger partial charge on any atom is -0.465 e. The zero-order valence-electron chi connectivity index (χ0n) is 12.2. The number of hydrogen-bond donors (Lipinski definition) is 0. The van der Waals surface area contributed by atoms with Crippen molar-refractivity contribution in [3.63, 3.8) is 0 Å². The van der Waals surface area contributed by atoms with E-state index in [1.54, 1.807) is 0 Å². The van der Waals surface area contributed by atoms with Crippen LogP contribution in [0.2, 0.25) is 0 Å². The number of fused-ring (bicyclic) bond motifs is 1. The summed E-state index contributed by atoms with van der Waals surface area (Å²) < 4.78 is 6.96. The van der Waals surface area contributed by atoms with Crippen molar-refractivity contribution < 1.29 is 9.53 Å². The first-order valence-corrected chi connectivity index (χ1v) is 6.91. The Bertz CT molecular complexity index is 785. The zero-order valence-corrected chi connectivity index (χ0v) is 12.2. The molecule has 0 radical (unpaired) electrons. The van der Waals surface area contributed by atoms with Crippen LogP contribution in [0, 0.1) is 6.92 Å². The van der Waals surface area contributed by atoms with Crippen LogP contribution in [0.25, 0.3) is 10.9 Å². The third-order valence-corrected chi connectivity index (χ3v) is 3.67. The van der Waals surface area contributed by atoms with Gasteiger partial charge in [0.15, 0.2) is 0 Å². The molecule has 0 N–H and O–H groups in total. The second-order valence-corrected chi connectivity index (χ2v) is 5.17. The lowest BCUT2D eigenvalue weighted by atomic mass is 10.1. The van der Waals surface area contributed by atoms with Gasteiger partial charge in [-0.15, -0.1) is 0 Å². The Morgan fingerprint density at radius 3 is 2.52 bits per heavy atom. The molecule has 0 unspecified atom stereocenters. The second-order valence-electron chi connectivity index (χ2n) is 5.17. The number of aryl methyl sites for hydroxylation is 1. The van der Waals surface area contributed by atoms with Gasteiger partial charge in [-0.05, 0) is 18.6 Å². The monoisotopic (exact) mass is 279 g/mol. The van der Waals surface area contributed by atoms with Crippen molar-refractivity contribution in [3.05, 3.63) is 71.4 Å². The fraction of sp³-hybridized carbons (Fsp3) is 0.167. The van der Waals surface area contributed by atoms with Crippen LogP contribution in [0.3, 0.4) is 0 Å². The van der Waals surface area contributed by atoms with E-state index in [1.165, 1.54) is 18.2 Å². The van der Waals surface area contributed by atoms with E-state index in [1.807, 2.05) is 30.5 Å². The zero-order chi connectivity index (χ0) is 14.8. The van der Waals surface area contributed by atoms with E-state index in [9.17, 15) is 4.79 Å². The number of benzene rings is 2. The normalized spacial score (nSPS) is 10.8. The fourth-order valence-electron chi connectivity index (χ4n) is 2.54. The summed E-state index contributed by atoms with van der Waals surface area (Å²) in [5.41, 5.74) is 4.10. The molecule has 3 rings (SSSR count). The lowest BCUT2D eigenvalue weighted by Gasteiger charge is -2.05. The first kappa shape index (κ1) is 13.4. The molecule has 1 aromatic heterocycles. The predicted octanol–water partition coefficient (Wildman–Crippen LogP) is 3.78. The molecule has 106 valence electrons. The predicted molar refractivity (Wildman–Crippen MR) is 83.6 cm³/mol. The van der Waals surface area contributed by atoms with Gasteiger partial charge in [-0.1, -0.05) is 48.0 Å². The van der Waals surface area contributed by atoms with Gasteiger partial charge < -0.3 is 9.30 Å². The maximum atomic E-state index is 11.9. The summed E-state index contributed by atoms with van der Waals surface area (Å²) in [6, 6.07) is 16.3. The average Bonchev–Trinajstić information content (AvgIpc) is 2.88. The fourth-order valence-corrected chi connectivity index (χ4v) is 2.54. The van der Waals surface area contributed by atoms with E-state index >= 15 is 0 Å². The first-order valence-electron chi connectivity index (χ1n) is 6.91. The topological polar surface area (TPSA) is 31.2 Å². The maximum absolute atomic E-state index is 11.9. The Balaban J connectivity index is 2.06. The van der Waals surface area contributed by atoms with E-state index in [4.69, 9.17) is 4.74 Å². The van der Waals surface area contributed by atoms with Crippen LogP contribution in [-0.4, -0.2) is 17.6 Å². The van der Waals surface area contributed by atoms with Crippen LogP contribution >= 0.6 is 0 Å². The summed E-state index contributed by atoms with van der Waals surface area (Å²) in [6.45, 7) is 2.81. The quantitative estimate of drug-likeness (QED) is 0.683. The molecule has 3 heteroatoms. The summed E-state index contributed by atoms with van der Waals surface area (Å²) >= 11 is 0. The third-order valence-electron chi connectivity index (χ3n) is 3.67. The summed E-state index contributed by atoms with van der Waals surface area (Å²) in [6.07, 6.45) is 1.87. The van der Waals surface area contributed by atoms with E-state index < -0.39 is 0 Å². The molecule has 0 aliphatic rings. The van der Waals surface area contributed by atoms with Crippen molar-refractivity contribution in [1.29, 1.82) is 0 Å². The van der Waals surface area contributed by atoms with Gasteiger partial charge in [-0.25, -0.2) is 4.79 Å². The summed E-state index contributed by atoms with van der Waals surface area (Å²) in [4.78, 5) is 11.9. The van der Waals surface area contributed by atoms with Gasteiger partial charge in [0.1, 0.15) is 0 Å². The van der Waals surface area contributed by atoms with Crippen molar-refractivity contribution >= 4 is 16.9 Å². The standard InChI is InChI=1S/C18H17NO2/c1-13-7-9-14(10-8-13)11-19-12-16(18(20)21-2)15-5-3-4-6-17(15)19/h3-10,12H,11H2,1-2H3. The highest BCUT2D eigenvalue weighted by atomic mass is 16.5. The van der Waals surface area contributed by atoms with E-state index in [-0.39, 0.29) is 5.97 Å². The smallest absolute Gasteiger partial charge is 0.340 e. The highest BCUT2D eigenvalue weighted by Crippen LogP contribution is 2.23. The van der Waals surface area contributed by atoms with Gasteiger partial charge >= 0.3 is 5.97 Å². The molecule has 3 nitrogen and oxygen atoms in total. The Kier molecular flexibility index (Phi) is 3.48. The van der Waals surface area contributed by atoms with Crippen molar-refractivity contribution in [1.82, 2.24) is 4.57 Å². The van der Waals surface area contributed by atoms with Crippen molar-refractivity contribution in [3.8, 4) is 0 Å². The highest BCUT2D eigenvalue weighted by Gasteiger charge is 2.15.